The van der Waals surface area contributed by atoms with E-state index in [1.807, 2.05) is 24.3 Å². The lowest BCUT2D eigenvalue weighted by Gasteiger charge is -2.18. The van der Waals surface area contributed by atoms with Gasteiger partial charge in [0.2, 0.25) is 5.89 Å². The molecule has 26 heavy (non-hydrogen) atoms. The summed E-state index contributed by atoms with van der Waals surface area (Å²) >= 11 is 1.19. The number of halogens is 1. The van der Waals surface area contributed by atoms with Gasteiger partial charge in [-0.15, -0.1) is 10.2 Å². The molecular formula is C20H19FN2O2S. The van der Waals surface area contributed by atoms with Gasteiger partial charge in [-0.2, -0.15) is 0 Å². The standard InChI is InChI=1S/C20H19FN2O2S/c1-20(2,3)15-8-4-13(5-9-15)17(24)12-26-19-23-22-18(25-19)14-6-10-16(21)11-7-14/h4-11H,12H2,1-3H3. The number of ketones is 1. The minimum absolute atomic E-state index is 0.00279. The molecule has 0 atom stereocenters. The van der Waals surface area contributed by atoms with Crippen LogP contribution in [0.4, 0.5) is 4.39 Å². The lowest BCUT2D eigenvalue weighted by atomic mass is 9.86. The van der Waals surface area contributed by atoms with Crippen molar-refractivity contribution in [1.29, 1.82) is 0 Å². The molecule has 0 saturated heterocycles. The summed E-state index contributed by atoms with van der Waals surface area (Å²) in [5, 5.41) is 8.17. The van der Waals surface area contributed by atoms with Crippen molar-refractivity contribution in [2.75, 3.05) is 5.75 Å². The van der Waals surface area contributed by atoms with Crippen molar-refractivity contribution in [3.05, 3.63) is 65.5 Å². The average Bonchev–Trinajstić information content (AvgIpc) is 3.08. The molecule has 0 N–H and O–H groups in total. The second kappa shape index (κ2) is 7.41. The van der Waals surface area contributed by atoms with E-state index in [-0.39, 0.29) is 22.8 Å². The minimum atomic E-state index is -0.328. The Hall–Kier alpha value is -2.47. The smallest absolute Gasteiger partial charge is 0.277 e. The fourth-order valence-electron chi connectivity index (χ4n) is 2.34. The number of carbonyl (C=O) groups is 1. The summed E-state index contributed by atoms with van der Waals surface area (Å²) in [5.41, 5.74) is 2.53. The average molecular weight is 370 g/mol. The van der Waals surface area contributed by atoms with Crippen LogP contribution in [0.1, 0.15) is 36.7 Å². The fourth-order valence-corrected chi connectivity index (χ4v) is 3.00. The molecular weight excluding hydrogens is 351 g/mol. The zero-order chi connectivity index (χ0) is 18.7. The van der Waals surface area contributed by atoms with Crippen LogP contribution in [0.15, 0.2) is 58.2 Å². The molecule has 0 radical (unpaired) electrons. The molecule has 4 nitrogen and oxygen atoms in total. The van der Waals surface area contributed by atoms with Crippen LogP contribution >= 0.6 is 11.8 Å². The van der Waals surface area contributed by atoms with Crippen molar-refractivity contribution >= 4 is 17.5 Å². The molecule has 0 spiro atoms. The van der Waals surface area contributed by atoms with Crippen molar-refractivity contribution in [3.63, 3.8) is 0 Å². The van der Waals surface area contributed by atoms with Gasteiger partial charge in [0.25, 0.3) is 5.22 Å². The fraction of sp³-hybridized carbons (Fsp3) is 0.250. The molecule has 0 aliphatic carbocycles. The van der Waals surface area contributed by atoms with Gasteiger partial charge in [-0.05, 0) is 35.2 Å². The summed E-state index contributed by atoms with van der Waals surface area (Å²) in [4.78, 5) is 12.3. The third kappa shape index (κ3) is 4.38. The molecule has 6 heteroatoms. The van der Waals surface area contributed by atoms with Crippen molar-refractivity contribution in [3.8, 4) is 11.5 Å². The lowest BCUT2D eigenvalue weighted by molar-refractivity contribution is 0.102. The van der Waals surface area contributed by atoms with Crippen molar-refractivity contribution in [2.24, 2.45) is 0 Å². The Labute approximate surface area is 155 Å². The summed E-state index contributed by atoms with van der Waals surface area (Å²) in [6, 6.07) is 13.5. The van der Waals surface area contributed by atoms with Gasteiger partial charge >= 0.3 is 0 Å². The van der Waals surface area contributed by atoms with Gasteiger partial charge < -0.3 is 4.42 Å². The van der Waals surface area contributed by atoms with Crippen LogP contribution in [0.3, 0.4) is 0 Å². The summed E-state index contributed by atoms with van der Waals surface area (Å²) in [6.45, 7) is 6.40. The van der Waals surface area contributed by atoms with Crippen LogP contribution in [-0.2, 0) is 5.41 Å². The van der Waals surface area contributed by atoms with Crippen LogP contribution in [0, 0.1) is 5.82 Å². The third-order valence-electron chi connectivity index (χ3n) is 3.90. The quantitative estimate of drug-likeness (QED) is 0.459. The molecule has 0 bridgehead atoms. The maximum absolute atomic E-state index is 13.0. The first-order chi connectivity index (χ1) is 12.3. The first kappa shape index (κ1) is 18.3. The molecule has 3 aromatic rings. The van der Waals surface area contributed by atoms with E-state index in [1.165, 1.54) is 29.5 Å². The zero-order valence-electron chi connectivity index (χ0n) is 14.8. The Kier molecular flexibility index (Phi) is 5.23. The van der Waals surface area contributed by atoms with Crippen LogP contribution in [0.5, 0.6) is 0 Å². The lowest BCUT2D eigenvalue weighted by Crippen LogP contribution is -2.11. The van der Waals surface area contributed by atoms with Crippen LogP contribution in [-0.4, -0.2) is 21.7 Å². The maximum atomic E-state index is 13.0. The summed E-state index contributed by atoms with van der Waals surface area (Å²) in [6.07, 6.45) is 0. The van der Waals surface area contributed by atoms with Gasteiger partial charge in [-0.25, -0.2) is 4.39 Å². The Balaban J connectivity index is 1.62. The number of rotatable bonds is 5. The van der Waals surface area contributed by atoms with Gasteiger partial charge in [0.15, 0.2) is 5.78 Å². The molecule has 134 valence electrons. The molecule has 2 aromatic carbocycles. The zero-order valence-corrected chi connectivity index (χ0v) is 15.6. The van der Waals surface area contributed by atoms with E-state index < -0.39 is 0 Å². The van der Waals surface area contributed by atoms with Gasteiger partial charge in [0, 0.05) is 11.1 Å². The SMILES string of the molecule is CC(C)(C)c1ccc(C(=O)CSc2nnc(-c3ccc(F)cc3)o2)cc1. The predicted molar refractivity (Wildman–Crippen MR) is 99.9 cm³/mol. The first-order valence-electron chi connectivity index (χ1n) is 8.19. The van der Waals surface area contributed by atoms with E-state index in [9.17, 15) is 9.18 Å². The van der Waals surface area contributed by atoms with E-state index in [0.717, 1.165) is 0 Å². The number of thioether (sulfide) groups is 1. The van der Waals surface area contributed by atoms with E-state index >= 15 is 0 Å². The largest absolute Gasteiger partial charge is 0.411 e. The van der Waals surface area contributed by atoms with Crippen molar-refractivity contribution in [1.82, 2.24) is 10.2 Å². The van der Waals surface area contributed by atoms with Gasteiger partial charge in [0.05, 0.1) is 5.75 Å². The minimum Gasteiger partial charge on any atom is -0.411 e. The Morgan fingerprint density at radius 2 is 1.69 bits per heavy atom. The molecule has 0 aliphatic heterocycles. The Morgan fingerprint density at radius 3 is 2.31 bits per heavy atom. The molecule has 1 aromatic heterocycles. The molecule has 0 unspecified atom stereocenters. The highest BCUT2D eigenvalue weighted by Gasteiger charge is 2.15. The summed E-state index contributed by atoms with van der Waals surface area (Å²) in [7, 11) is 0. The van der Waals surface area contributed by atoms with Gasteiger partial charge in [-0.1, -0.05) is 56.8 Å². The second-order valence-electron chi connectivity index (χ2n) is 6.92. The molecule has 0 fully saturated rings. The highest BCUT2D eigenvalue weighted by atomic mass is 32.2. The predicted octanol–water partition coefficient (Wildman–Crippen LogP) is 5.15. The Morgan fingerprint density at radius 1 is 1.04 bits per heavy atom. The number of hydrogen-bond donors (Lipinski definition) is 0. The molecule has 1 heterocycles. The van der Waals surface area contributed by atoms with E-state index in [2.05, 4.69) is 31.0 Å². The maximum Gasteiger partial charge on any atom is 0.277 e. The number of Topliss-reactive ketones (excluding diaryl/α,β-unsaturated/α-hetero) is 1. The second-order valence-corrected chi connectivity index (χ2v) is 7.85. The molecule has 0 amide bonds. The molecule has 0 saturated carbocycles. The van der Waals surface area contributed by atoms with Crippen LogP contribution in [0.25, 0.3) is 11.5 Å². The molecule has 3 rings (SSSR count). The highest BCUT2D eigenvalue weighted by molar-refractivity contribution is 7.99. The summed E-state index contributed by atoms with van der Waals surface area (Å²) in [5.74, 6) is 0.178. The van der Waals surface area contributed by atoms with E-state index in [1.54, 1.807) is 12.1 Å². The van der Waals surface area contributed by atoms with Crippen molar-refractivity contribution in [2.45, 2.75) is 31.4 Å². The van der Waals surface area contributed by atoms with Gasteiger partial charge in [0.1, 0.15) is 5.82 Å². The van der Waals surface area contributed by atoms with Crippen LogP contribution < -0.4 is 0 Å². The number of hydrogen-bond acceptors (Lipinski definition) is 5. The number of aromatic nitrogens is 2. The number of benzene rings is 2. The monoisotopic (exact) mass is 370 g/mol. The van der Waals surface area contributed by atoms with Crippen molar-refractivity contribution < 1.29 is 13.6 Å². The topological polar surface area (TPSA) is 56.0 Å². The third-order valence-corrected chi connectivity index (χ3v) is 4.72. The first-order valence-corrected chi connectivity index (χ1v) is 9.17. The number of carbonyl (C=O) groups excluding carboxylic acids is 1. The highest BCUT2D eigenvalue weighted by Crippen LogP contribution is 2.25. The van der Waals surface area contributed by atoms with E-state index in [4.69, 9.17) is 4.42 Å². The molecule has 0 aliphatic rings. The van der Waals surface area contributed by atoms with Gasteiger partial charge in [-0.3, -0.25) is 4.79 Å². The van der Waals surface area contributed by atoms with E-state index in [0.29, 0.717) is 22.2 Å². The normalized spacial score (nSPS) is 11.5. The number of nitrogens with zero attached hydrogens (tertiary/aromatic N) is 2. The summed E-state index contributed by atoms with van der Waals surface area (Å²) < 4.78 is 18.5. The Bertz CT molecular complexity index is 897. The van der Waals surface area contributed by atoms with Crippen LogP contribution in [0.2, 0.25) is 0 Å².